The number of nitrogen functional groups attached to an aromatic ring is 2. The molecule has 1 saturated carbocycles. The first-order valence-corrected chi connectivity index (χ1v) is 8.55. The zero-order chi connectivity index (χ0) is 16.8. The predicted octanol–water partition coefficient (Wildman–Crippen LogP) is 1.78. The first kappa shape index (κ1) is 16.2. The Morgan fingerprint density at radius 3 is 2.21 bits per heavy atom. The summed E-state index contributed by atoms with van der Waals surface area (Å²) in [7, 11) is 0. The summed E-state index contributed by atoms with van der Waals surface area (Å²) >= 11 is 0. The second-order valence-electron chi connectivity index (χ2n) is 6.31. The van der Waals surface area contributed by atoms with Crippen LogP contribution in [0.15, 0.2) is 53.5 Å². The van der Waals surface area contributed by atoms with E-state index in [0.717, 1.165) is 35.3 Å². The van der Waals surface area contributed by atoms with Crippen molar-refractivity contribution in [2.75, 3.05) is 11.5 Å². The van der Waals surface area contributed by atoms with Crippen molar-refractivity contribution < 1.29 is 4.99 Å². The van der Waals surface area contributed by atoms with Crippen molar-refractivity contribution in [1.29, 1.82) is 0 Å². The maximum atomic E-state index is 6.01. The number of para-hydroxylation sites is 2. The van der Waals surface area contributed by atoms with Crippen LogP contribution in [0.1, 0.15) is 36.8 Å². The summed E-state index contributed by atoms with van der Waals surface area (Å²) < 4.78 is 0. The summed E-state index contributed by atoms with van der Waals surface area (Å²) in [5, 5.41) is 0. The van der Waals surface area contributed by atoms with Crippen LogP contribution in [0.4, 0.5) is 11.4 Å². The van der Waals surface area contributed by atoms with Gasteiger partial charge in [0, 0.05) is 29.6 Å². The molecule has 4 nitrogen and oxygen atoms in total. The number of nitrogens with one attached hydrogen (secondary N) is 1. The van der Waals surface area contributed by atoms with Gasteiger partial charge in [-0.2, -0.15) is 0 Å². The van der Waals surface area contributed by atoms with Crippen LogP contribution in [0.25, 0.3) is 0 Å². The van der Waals surface area contributed by atoms with E-state index >= 15 is 0 Å². The SMILES string of the molecule is Nc1ccccc1C=NC1CCCCC1[NH+]=Cc1ccccc1N. The topological polar surface area (TPSA) is 78.4 Å². The number of hydrogen-bond acceptors (Lipinski definition) is 3. The number of anilines is 2. The molecule has 0 saturated heterocycles. The fourth-order valence-corrected chi connectivity index (χ4v) is 3.13. The van der Waals surface area contributed by atoms with E-state index in [0.29, 0.717) is 6.04 Å². The quantitative estimate of drug-likeness (QED) is 0.593. The molecule has 1 aliphatic carbocycles. The Morgan fingerprint density at radius 2 is 1.50 bits per heavy atom. The third-order valence-electron chi connectivity index (χ3n) is 4.58. The molecule has 1 aliphatic rings. The van der Waals surface area contributed by atoms with Gasteiger partial charge in [-0.15, -0.1) is 0 Å². The molecular weight excluding hydrogens is 296 g/mol. The van der Waals surface area contributed by atoms with Crippen molar-refractivity contribution in [1.82, 2.24) is 0 Å². The van der Waals surface area contributed by atoms with E-state index in [9.17, 15) is 0 Å². The van der Waals surface area contributed by atoms with Gasteiger partial charge in [-0.25, -0.2) is 4.99 Å². The average Bonchev–Trinajstić information content (AvgIpc) is 2.61. The van der Waals surface area contributed by atoms with E-state index < -0.39 is 0 Å². The van der Waals surface area contributed by atoms with Gasteiger partial charge in [0.2, 0.25) is 0 Å². The third-order valence-corrected chi connectivity index (χ3v) is 4.58. The maximum absolute atomic E-state index is 6.01. The zero-order valence-corrected chi connectivity index (χ0v) is 13.9. The highest BCUT2D eigenvalue weighted by molar-refractivity contribution is 5.86. The molecule has 2 aromatic carbocycles. The normalized spacial score (nSPS) is 21.5. The Kier molecular flexibility index (Phi) is 5.26. The Balaban J connectivity index is 1.74. The highest BCUT2D eigenvalue weighted by Gasteiger charge is 2.27. The smallest absolute Gasteiger partial charge is 0.172 e. The monoisotopic (exact) mass is 321 g/mol. The van der Waals surface area contributed by atoms with Crippen LogP contribution in [-0.4, -0.2) is 24.5 Å². The molecular formula is C20H25N4+. The Labute approximate surface area is 143 Å². The van der Waals surface area contributed by atoms with E-state index in [2.05, 4.69) is 4.99 Å². The summed E-state index contributed by atoms with van der Waals surface area (Å²) in [6.45, 7) is 0. The van der Waals surface area contributed by atoms with Crippen LogP contribution in [0.3, 0.4) is 0 Å². The number of nitrogens with two attached hydrogens (primary N) is 2. The van der Waals surface area contributed by atoms with Gasteiger partial charge >= 0.3 is 0 Å². The number of rotatable bonds is 4. The molecule has 0 spiro atoms. The van der Waals surface area contributed by atoms with Crippen molar-refractivity contribution in [3.05, 3.63) is 59.7 Å². The van der Waals surface area contributed by atoms with Crippen molar-refractivity contribution in [3.8, 4) is 0 Å². The number of nitrogens with zero attached hydrogens (tertiary/aromatic N) is 1. The summed E-state index contributed by atoms with van der Waals surface area (Å²) in [5.41, 5.74) is 15.6. The number of hydrogen-bond donors (Lipinski definition) is 3. The maximum Gasteiger partial charge on any atom is 0.172 e. The first-order chi connectivity index (χ1) is 11.7. The third kappa shape index (κ3) is 4.02. The fraction of sp³-hybridized carbons (Fsp3) is 0.300. The minimum absolute atomic E-state index is 0.263. The second kappa shape index (κ2) is 7.77. The van der Waals surface area contributed by atoms with Gasteiger partial charge < -0.3 is 11.5 Å². The van der Waals surface area contributed by atoms with Gasteiger partial charge in [-0.05, 0) is 31.0 Å². The minimum atomic E-state index is 0.263. The lowest BCUT2D eigenvalue weighted by Crippen LogP contribution is -2.80. The van der Waals surface area contributed by atoms with Crippen LogP contribution >= 0.6 is 0 Å². The molecule has 2 aromatic rings. The fourth-order valence-electron chi connectivity index (χ4n) is 3.13. The molecule has 24 heavy (non-hydrogen) atoms. The molecule has 124 valence electrons. The highest BCUT2D eigenvalue weighted by atomic mass is 14.9. The first-order valence-electron chi connectivity index (χ1n) is 8.55. The molecule has 5 N–H and O–H groups in total. The standard InChI is InChI=1S/C20H24N4/c21-17-9-3-1-7-15(17)13-23-19-11-5-6-12-20(19)24-14-16-8-2-4-10-18(16)22/h1-4,7-10,13-14,19-20H,5-6,11-12,21-22H2/p+1. The second-order valence-corrected chi connectivity index (χ2v) is 6.31. The Hall–Kier alpha value is -2.62. The van der Waals surface area contributed by atoms with Crippen LogP contribution in [-0.2, 0) is 0 Å². The van der Waals surface area contributed by atoms with Crippen molar-refractivity contribution >= 4 is 23.8 Å². The van der Waals surface area contributed by atoms with E-state index in [4.69, 9.17) is 16.5 Å². The van der Waals surface area contributed by atoms with E-state index in [1.807, 2.05) is 61.0 Å². The number of benzene rings is 2. The molecule has 0 aromatic heterocycles. The lowest BCUT2D eigenvalue weighted by atomic mass is 9.91. The molecule has 0 bridgehead atoms. The predicted molar refractivity (Wildman–Crippen MR) is 101 cm³/mol. The van der Waals surface area contributed by atoms with E-state index in [1.165, 1.54) is 12.8 Å². The lowest BCUT2D eigenvalue weighted by molar-refractivity contribution is -0.505. The Bertz CT molecular complexity index is 672. The van der Waals surface area contributed by atoms with Crippen molar-refractivity contribution in [3.63, 3.8) is 0 Å². The summed E-state index contributed by atoms with van der Waals surface area (Å²) in [6, 6.07) is 16.3. The van der Waals surface area contributed by atoms with Gasteiger partial charge in [0.25, 0.3) is 0 Å². The zero-order valence-electron chi connectivity index (χ0n) is 13.9. The summed E-state index contributed by atoms with van der Waals surface area (Å²) in [6.07, 6.45) is 8.60. The summed E-state index contributed by atoms with van der Waals surface area (Å²) in [5.74, 6) is 0. The molecule has 4 heteroatoms. The van der Waals surface area contributed by atoms with E-state index in [-0.39, 0.29) is 6.04 Å². The molecule has 0 amide bonds. The largest absolute Gasteiger partial charge is 0.398 e. The van der Waals surface area contributed by atoms with E-state index in [1.54, 1.807) is 0 Å². The molecule has 0 heterocycles. The van der Waals surface area contributed by atoms with Gasteiger partial charge in [-0.1, -0.05) is 36.8 Å². The van der Waals surface area contributed by atoms with Crippen LogP contribution in [0.5, 0.6) is 0 Å². The van der Waals surface area contributed by atoms with Crippen LogP contribution < -0.4 is 16.5 Å². The Morgan fingerprint density at radius 1 is 0.875 bits per heavy atom. The van der Waals surface area contributed by atoms with Gasteiger partial charge in [0.1, 0.15) is 6.04 Å². The molecule has 0 radical (unpaired) electrons. The van der Waals surface area contributed by atoms with Crippen molar-refractivity contribution in [2.45, 2.75) is 37.8 Å². The molecule has 1 fully saturated rings. The van der Waals surface area contributed by atoms with Crippen LogP contribution in [0.2, 0.25) is 0 Å². The summed E-state index contributed by atoms with van der Waals surface area (Å²) in [4.78, 5) is 8.34. The molecule has 0 aliphatic heterocycles. The van der Waals surface area contributed by atoms with Crippen LogP contribution in [0, 0.1) is 0 Å². The molecule has 2 atom stereocenters. The average molecular weight is 321 g/mol. The van der Waals surface area contributed by atoms with Gasteiger partial charge in [0.15, 0.2) is 12.3 Å². The molecule has 3 rings (SSSR count). The molecule has 2 unspecified atom stereocenters. The van der Waals surface area contributed by atoms with Gasteiger partial charge in [0.05, 0.1) is 5.56 Å². The highest BCUT2D eigenvalue weighted by Crippen LogP contribution is 2.19. The minimum Gasteiger partial charge on any atom is -0.398 e. The number of aliphatic imine (C=N–C) groups is 1. The van der Waals surface area contributed by atoms with Gasteiger partial charge in [-0.3, -0.25) is 4.99 Å². The lowest BCUT2D eigenvalue weighted by Gasteiger charge is -2.21. The van der Waals surface area contributed by atoms with Crippen molar-refractivity contribution in [2.24, 2.45) is 4.99 Å².